The smallest absolute Gasteiger partial charge is 0.219 e. The van der Waals surface area contributed by atoms with E-state index in [4.69, 9.17) is 15.7 Å². The van der Waals surface area contributed by atoms with E-state index < -0.39 is 5.82 Å². The van der Waals surface area contributed by atoms with Gasteiger partial charge in [-0.2, -0.15) is 0 Å². The molecule has 1 amide bonds. The molecule has 1 saturated carbocycles. The van der Waals surface area contributed by atoms with E-state index in [0.29, 0.717) is 39.8 Å². The standard InChI is InChI=1S/C31H30FN7O/c1-19(40)37-13-15-38(16-14-37)23-17-22(18-23)31-36-28(29-30(33)34-11-12-39(29)31)24-9-7-21-8-10-25(35-27(21)26(24)32)20-5-3-2-4-6-20/h2-12,22-23H,13-18H2,1H3,(H2,33,34)/t22-,23+. The van der Waals surface area contributed by atoms with E-state index in [0.717, 1.165) is 55.8 Å². The zero-order valence-electron chi connectivity index (χ0n) is 22.3. The van der Waals surface area contributed by atoms with Gasteiger partial charge in [0.2, 0.25) is 5.91 Å². The Balaban J connectivity index is 1.23. The normalized spacial score (nSPS) is 19.7. The lowest BCUT2D eigenvalue weighted by Gasteiger charge is -2.46. The molecule has 5 aromatic rings. The van der Waals surface area contributed by atoms with Crippen LogP contribution in [-0.4, -0.2) is 67.3 Å². The van der Waals surface area contributed by atoms with E-state index in [9.17, 15) is 4.79 Å². The first-order valence-electron chi connectivity index (χ1n) is 13.7. The molecule has 3 aromatic heterocycles. The number of nitrogens with zero attached hydrogens (tertiary/aromatic N) is 6. The lowest BCUT2D eigenvalue weighted by Crippen LogP contribution is -2.54. The molecule has 8 nitrogen and oxygen atoms in total. The molecule has 0 unspecified atom stereocenters. The van der Waals surface area contributed by atoms with Crippen LogP contribution in [0.15, 0.2) is 67.0 Å². The van der Waals surface area contributed by atoms with Crippen LogP contribution >= 0.6 is 0 Å². The van der Waals surface area contributed by atoms with Crippen molar-refractivity contribution in [3.63, 3.8) is 0 Å². The number of hydrogen-bond donors (Lipinski definition) is 1. The van der Waals surface area contributed by atoms with Crippen molar-refractivity contribution < 1.29 is 9.18 Å². The number of hydrogen-bond acceptors (Lipinski definition) is 6. The van der Waals surface area contributed by atoms with Gasteiger partial charge in [-0.3, -0.25) is 14.1 Å². The maximum atomic E-state index is 16.2. The molecular formula is C31H30FN7O. The number of nitrogens with two attached hydrogens (primary N) is 1. The van der Waals surface area contributed by atoms with Gasteiger partial charge < -0.3 is 10.6 Å². The number of aromatic nitrogens is 4. The molecular weight excluding hydrogens is 505 g/mol. The fraction of sp³-hybridized carbons (Fsp3) is 0.290. The van der Waals surface area contributed by atoms with Gasteiger partial charge in [-0.1, -0.05) is 42.5 Å². The molecule has 0 bridgehead atoms. The zero-order chi connectivity index (χ0) is 27.4. The minimum absolute atomic E-state index is 0.140. The summed E-state index contributed by atoms with van der Waals surface area (Å²) in [7, 11) is 0. The molecule has 0 spiro atoms. The first-order chi connectivity index (χ1) is 19.5. The topological polar surface area (TPSA) is 92.7 Å². The number of piperazine rings is 1. The number of carbonyl (C=O) groups excluding carboxylic acids is 1. The fourth-order valence-electron chi connectivity index (χ4n) is 6.17. The van der Waals surface area contributed by atoms with Crippen molar-refractivity contribution >= 4 is 28.1 Å². The van der Waals surface area contributed by atoms with E-state index in [1.807, 2.05) is 64.0 Å². The van der Waals surface area contributed by atoms with Crippen LogP contribution in [0.2, 0.25) is 0 Å². The number of halogens is 1. The molecule has 0 radical (unpaired) electrons. The third-order valence-corrected chi connectivity index (χ3v) is 8.49. The summed E-state index contributed by atoms with van der Waals surface area (Å²) < 4.78 is 18.2. The number of fused-ring (bicyclic) bond motifs is 2. The van der Waals surface area contributed by atoms with Crippen molar-refractivity contribution in [3.05, 3.63) is 78.6 Å². The van der Waals surface area contributed by atoms with Gasteiger partial charge in [0.05, 0.1) is 5.69 Å². The minimum atomic E-state index is -0.417. The van der Waals surface area contributed by atoms with E-state index in [1.54, 1.807) is 19.2 Å². The van der Waals surface area contributed by atoms with Crippen LogP contribution in [0.4, 0.5) is 10.2 Å². The summed E-state index contributed by atoms with van der Waals surface area (Å²) in [5, 5.41) is 0.725. The van der Waals surface area contributed by atoms with Crippen LogP contribution < -0.4 is 5.73 Å². The van der Waals surface area contributed by atoms with Crippen molar-refractivity contribution in [2.24, 2.45) is 0 Å². The quantitative estimate of drug-likeness (QED) is 0.357. The highest BCUT2D eigenvalue weighted by Gasteiger charge is 2.39. The Morgan fingerprint density at radius 1 is 0.975 bits per heavy atom. The highest BCUT2D eigenvalue weighted by Crippen LogP contribution is 2.42. The van der Waals surface area contributed by atoms with Crippen LogP contribution in [0.3, 0.4) is 0 Å². The van der Waals surface area contributed by atoms with Gasteiger partial charge in [0.15, 0.2) is 5.82 Å². The predicted molar refractivity (Wildman–Crippen MR) is 153 cm³/mol. The third-order valence-electron chi connectivity index (χ3n) is 8.49. The van der Waals surface area contributed by atoms with E-state index in [2.05, 4.69) is 9.88 Å². The Morgan fingerprint density at radius 3 is 2.48 bits per heavy atom. The second-order valence-electron chi connectivity index (χ2n) is 10.8. The average Bonchev–Trinajstić information content (AvgIpc) is 3.33. The second kappa shape index (κ2) is 9.67. The molecule has 7 rings (SSSR count). The number of pyridine rings is 1. The largest absolute Gasteiger partial charge is 0.382 e. The van der Waals surface area contributed by atoms with Gasteiger partial charge in [-0.15, -0.1) is 0 Å². The van der Waals surface area contributed by atoms with Crippen molar-refractivity contribution in [2.75, 3.05) is 31.9 Å². The summed E-state index contributed by atoms with van der Waals surface area (Å²) in [6.45, 7) is 4.96. The number of imidazole rings is 1. The van der Waals surface area contributed by atoms with Crippen LogP contribution in [0.5, 0.6) is 0 Å². The molecule has 9 heteroatoms. The zero-order valence-corrected chi connectivity index (χ0v) is 22.3. The number of nitrogen functional groups attached to an aromatic ring is 1. The summed E-state index contributed by atoms with van der Waals surface area (Å²) in [4.78, 5) is 30.1. The van der Waals surface area contributed by atoms with Gasteiger partial charge in [0.1, 0.15) is 28.4 Å². The Morgan fingerprint density at radius 2 is 1.73 bits per heavy atom. The summed E-state index contributed by atoms with van der Waals surface area (Å²) in [6.07, 6.45) is 5.45. The minimum Gasteiger partial charge on any atom is -0.382 e. The van der Waals surface area contributed by atoms with Crippen molar-refractivity contribution in [2.45, 2.75) is 31.7 Å². The molecule has 0 atom stereocenters. The first kappa shape index (κ1) is 24.7. The summed E-state index contributed by atoms with van der Waals surface area (Å²) in [5.41, 5.74) is 9.78. The van der Waals surface area contributed by atoms with Crippen LogP contribution in [0, 0.1) is 5.82 Å². The molecule has 1 aliphatic carbocycles. The highest BCUT2D eigenvalue weighted by atomic mass is 19.1. The maximum absolute atomic E-state index is 16.2. The highest BCUT2D eigenvalue weighted by molar-refractivity contribution is 5.92. The maximum Gasteiger partial charge on any atom is 0.219 e. The van der Waals surface area contributed by atoms with Crippen molar-refractivity contribution in [1.82, 2.24) is 29.2 Å². The number of carbonyl (C=O) groups is 1. The van der Waals surface area contributed by atoms with Crippen LogP contribution in [-0.2, 0) is 4.79 Å². The van der Waals surface area contributed by atoms with Gasteiger partial charge >= 0.3 is 0 Å². The SMILES string of the molecule is CC(=O)N1CCN([C@H]2C[C@@H](c3nc(-c4ccc5ccc(-c6ccccc6)nc5c4F)c4c(N)nccn43)C2)CC1. The Bertz CT molecular complexity index is 1740. The molecule has 2 aliphatic rings. The lowest BCUT2D eigenvalue weighted by molar-refractivity contribution is -0.131. The number of rotatable bonds is 4. The summed E-state index contributed by atoms with van der Waals surface area (Å²) in [5.74, 6) is 1.15. The molecule has 4 heterocycles. The Kier molecular flexibility index (Phi) is 5.96. The Hall–Kier alpha value is -4.37. The van der Waals surface area contributed by atoms with Gasteiger partial charge in [0, 0.05) is 74.0 Å². The predicted octanol–water partition coefficient (Wildman–Crippen LogP) is 4.74. The van der Waals surface area contributed by atoms with E-state index >= 15 is 4.39 Å². The average molecular weight is 536 g/mol. The molecule has 1 aliphatic heterocycles. The Labute approximate surface area is 231 Å². The number of benzene rings is 2. The van der Waals surface area contributed by atoms with Gasteiger partial charge in [-0.25, -0.2) is 19.3 Å². The third kappa shape index (κ3) is 4.08. The summed E-state index contributed by atoms with van der Waals surface area (Å²) >= 11 is 0. The van der Waals surface area contributed by atoms with E-state index in [-0.39, 0.29) is 11.8 Å². The van der Waals surface area contributed by atoms with Gasteiger partial charge in [-0.05, 0) is 25.0 Å². The monoisotopic (exact) mass is 535 g/mol. The lowest BCUT2D eigenvalue weighted by atomic mass is 9.78. The molecule has 40 heavy (non-hydrogen) atoms. The number of amides is 1. The van der Waals surface area contributed by atoms with Crippen molar-refractivity contribution in [1.29, 1.82) is 0 Å². The number of anilines is 1. The molecule has 2 fully saturated rings. The fourth-order valence-corrected chi connectivity index (χ4v) is 6.17. The molecule has 1 saturated heterocycles. The van der Waals surface area contributed by atoms with Crippen LogP contribution in [0.1, 0.15) is 31.5 Å². The molecule has 202 valence electrons. The van der Waals surface area contributed by atoms with Crippen LogP contribution in [0.25, 0.3) is 38.9 Å². The van der Waals surface area contributed by atoms with Crippen molar-refractivity contribution in [3.8, 4) is 22.5 Å². The summed E-state index contributed by atoms with van der Waals surface area (Å²) in [6, 6.07) is 17.7. The molecule has 2 N–H and O–H groups in total. The molecule has 2 aromatic carbocycles. The van der Waals surface area contributed by atoms with Gasteiger partial charge in [0.25, 0.3) is 0 Å². The first-order valence-corrected chi connectivity index (χ1v) is 13.7. The van der Waals surface area contributed by atoms with E-state index in [1.165, 1.54) is 0 Å². The second-order valence-corrected chi connectivity index (χ2v) is 10.8.